The first kappa shape index (κ1) is 20.0. The number of ether oxygens (including phenoxy) is 1. The standard InChI is InChI=1S/C21H16ClN3O4/c22-18-11-10-14(12-23-18)21(28)29-13-19(26)25-17-9-5-4-8-16(17)20(27)24-15-6-2-1-3-7-15/h1-12H,13H2,(H,24,27)(H,25,26). The number of benzene rings is 2. The van der Waals surface area contributed by atoms with Gasteiger partial charge in [-0.2, -0.15) is 0 Å². The number of esters is 1. The molecule has 146 valence electrons. The van der Waals surface area contributed by atoms with Crippen LogP contribution in [0, 0.1) is 0 Å². The summed E-state index contributed by atoms with van der Waals surface area (Å²) < 4.78 is 4.96. The number of aromatic nitrogens is 1. The van der Waals surface area contributed by atoms with Crippen molar-refractivity contribution in [2.24, 2.45) is 0 Å². The van der Waals surface area contributed by atoms with Crippen molar-refractivity contribution in [1.29, 1.82) is 0 Å². The maximum Gasteiger partial charge on any atom is 0.340 e. The zero-order chi connectivity index (χ0) is 20.6. The summed E-state index contributed by atoms with van der Waals surface area (Å²) in [6, 6.07) is 18.4. The predicted molar refractivity (Wildman–Crippen MR) is 109 cm³/mol. The van der Waals surface area contributed by atoms with Crippen LogP contribution in [0.3, 0.4) is 0 Å². The monoisotopic (exact) mass is 409 g/mol. The van der Waals surface area contributed by atoms with Crippen LogP contribution in [0.2, 0.25) is 5.15 Å². The van der Waals surface area contributed by atoms with Gasteiger partial charge in [0, 0.05) is 11.9 Å². The first-order valence-electron chi connectivity index (χ1n) is 8.57. The molecule has 8 heteroatoms. The van der Waals surface area contributed by atoms with Crippen LogP contribution in [-0.2, 0) is 9.53 Å². The highest BCUT2D eigenvalue weighted by Gasteiger charge is 2.15. The molecule has 2 aromatic carbocycles. The smallest absolute Gasteiger partial charge is 0.340 e. The summed E-state index contributed by atoms with van der Waals surface area (Å²) in [5.41, 5.74) is 1.38. The van der Waals surface area contributed by atoms with Gasteiger partial charge in [0.25, 0.3) is 11.8 Å². The molecule has 0 aliphatic rings. The van der Waals surface area contributed by atoms with E-state index >= 15 is 0 Å². The molecule has 0 bridgehead atoms. The minimum absolute atomic E-state index is 0.171. The Morgan fingerprint density at radius 1 is 0.897 bits per heavy atom. The molecule has 0 radical (unpaired) electrons. The molecule has 1 heterocycles. The van der Waals surface area contributed by atoms with Gasteiger partial charge in [0.05, 0.1) is 16.8 Å². The maximum atomic E-state index is 12.5. The lowest BCUT2D eigenvalue weighted by atomic mass is 10.1. The average molecular weight is 410 g/mol. The number of carbonyl (C=O) groups excluding carboxylic acids is 3. The van der Waals surface area contributed by atoms with E-state index in [1.807, 2.05) is 6.07 Å². The van der Waals surface area contributed by atoms with E-state index in [0.717, 1.165) is 0 Å². The summed E-state index contributed by atoms with van der Waals surface area (Å²) in [6.07, 6.45) is 1.26. The van der Waals surface area contributed by atoms with Crippen molar-refractivity contribution in [3.8, 4) is 0 Å². The molecule has 0 saturated carbocycles. The van der Waals surface area contributed by atoms with Crippen LogP contribution in [0.5, 0.6) is 0 Å². The van der Waals surface area contributed by atoms with Gasteiger partial charge in [-0.3, -0.25) is 9.59 Å². The molecular formula is C21H16ClN3O4. The number of amides is 2. The van der Waals surface area contributed by atoms with E-state index in [4.69, 9.17) is 16.3 Å². The quantitative estimate of drug-likeness (QED) is 0.477. The molecule has 0 saturated heterocycles. The van der Waals surface area contributed by atoms with Crippen molar-refractivity contribution in [2.75, 3.05) is 17.2 Å². The van der Waals surface area contributed by atoms with E-state index in [9.17, 15) is 14.4 Å². The van der Waals surface area contributed by atoms with Crippen molar-refractivity contribution < 1.29 is 19.1 Å². The zero-order valence-electron chi connectivity index (χ0n) is 15.1. The van der Waals surface area contributed by atoms with Crippen LogP contribution in [0.25, 0.3) is 0 Å². The molecule has 0 aliphatic heterocycles. The first-order chi connectivity index (χ1) is 14.0. The van der Waals surface area contributed by atoms with Crippen molar-refractivity contribution >= 4 is 40.8 Å². The molecule has 0 fully saturated rings. The number of halogens is 1. The second-order valence-electron chi connectivity index (χ2n) is 5.86. The average Bonchev–Trinajstić information content (AvgIpc) is 2.73. The van der Waals surface area contributed by atoms with Gasteiger partial charge in [0.1, 0.15) is 5.15 Å². The van der Waals surface area contributed by atoms with E-state index in [1.54, 1.807) is 48.5 Å². The number of nitrogens with one attached hydrogen (secondary N) is 2. The zero-order valence-corrected chi connectivity index (χ0v) is 15.8. The van der Waals surface area contributed by atoms with Crippen molar-refractivity contribution in [2.45, 2.75) is 0 Å². The second kappa shape index (κ2) is 9.48. The number of pyridine rings is 1. The summed E-state index contributed by atoms with van der Waals surface area (Å²) in [7, 11) is 0. The van der Waals surface area contributed by atoms with Gasteiger partial charge < -0.3 is 15.4 Å². The van der Waals surface area contributed by atoms with E-state index in [-0.39, 0.29) is 22.2 Å². The molecule has 7 nitrogen and oxygen atoms in total. The van der Waals surface area contributed by atoms with Gasteiger partial charge in [-0.15, -0.1) is 0 Å². The van der Waals surface area contributed by atoms with Crippen molar-refractivity contribution in [3.05, 3.63) is 89.2 Å². The predicted octanol–water partition coefficient (Wildman–Crippen LogP) is 3.78. The van der Waals surface area contributed by atoms with Crippen LogP contribution in [0.15, 0.2) is 72.9 Å². The second-order valence-corrected chi connectivity index (χ2v) is 6.25. The lowest BCUT2D eigenvalue weighted by Crippen LogP contribution is -2.23. The van der Waals surface area contributed by atoms with Gasteiger partial charge in [0.2, 0.25) is 0 Å². The fourth-order valence-corrected chi connectivity index (χ4v) is 2.52. The molecule has 2 amide bonds. The summed E-state index contributed by atoms with van der Waals surface area (Å²) in [6.45, 7) is -0.518. The molecule has 0 unspecified atom stereocenters. The van der Waals surface area contributed by atoms with Crippen molar-refractivity contribution in [1.82, 2.24) is 4.98 Å². The van der Waals surface area contributed by atoms with Gasteiger partial charge in [-0.25, -0.2) is 9.78 Å². The number of hydrogen-bond acceptors (Lipinski definition) is 5. The fourth-order valence-electron chi connectivity index (χ4n) is 2.41. The van der Waals surface area contributed by atoms with E-state index in [1.165, 1.54) is 18.3 Å². The van der Waals surface area contributed by atoms with Gasteiger partial charge in [-0.1, -0.05) is 41.9 Å². The Balaban J connectivity index is 1.61. The van der Waals surface area contributed by atoms with Gasteiger partial charge >= 0.3 is 5.97 Å². The molecule has 0 aliphatic carbocycles. The van der Waals surface area contributed by atoms with Crippen molar-refractivity contribution in [3.63, 3.8) is 0 Å². The highest BCUT2D eigenvalue weighted by atomic mass is 35.5. The Hall–Kier alpha value is -3.71. The lowest BCUT2D eigenvalue weighted by molar-refractivity contribution is -0.119. The van der Waals surface area contributed by atoms with Crippen LogP contribution in [-0.4, -0.2) is 29.4 Å². The van der Waals surface area contributed by atoms with Crippen LogP contribution >= 0.6 is 11.6 Å². The Morgan fingerprint density at radius 3 is 2.34 bits per heavy atom. The third-order valence-electron chi connectivity index (χ3n) is 3.77. The Kier molecular flexibility index (Phi) is 6.55. The van der Waals surface area contributed by atoms with Gasteiger partial charge in [0.15, 0.2) is 6.61 Å². The molecule has 29 heavy (non-hydrogen) atoms. The highest BCUT2D eigenvalue weighted by molar-refractivity contribution is 6.29. The summed E-state index contributed by atoms with van der Waals surface area (Å²) >= 11 is 5.67. The summed E-state index contributed by atoms with van der Waals surface area (Å²) in [4.78, 5) is 40.4. The number of carbonyl (C=O) groups is 3. The molecule has 1 aromatic heterocycles. The number of anilines is 2. The summed E-state index contributed by atoms with van der Waals surface area (Å²) in [5.74, 6) is -1.67. The SMILES string of the molecule is O=C(COC(=O)c1ccc(Cl)nc1)Nc1ccccc1C(=O)Nc1ccccc1. The molecular weight excluding hydrogens is 394 g/mol. The maximum absolute atomic E-state index is 12.5. The number of hydrogen-bond donors (Lipinski definition) is 2. The Labute approximate surface area is 171 Å². The fraction of sp³-hybridized carbons (Fsp3) is 0.0476. The normalized spacial score (nSPS) is 10.1. The number of nitrogens with zero attached hydrogens (tertiary/aromatic N) is 1. The van der Waals surface area contributed by atoms with E-state index in [0.29, 0.717) is 11.4 Å². The number of rotatable bonds is 6. The minimum atomic E-state index is -0.709. The number of para-hydroxylation sites is 2. The van der Waals surface area contributed by atoms with Crippen LogP contribution in [0.4, 0.5) is 11.4 Å². The lowest BCUT2D eigenvalue weighted by Gasteiger charge is -2.11. The molecule has 0 atom stereocenters. The largest absolute Gasteiger partial charge is 0.452 e. The molecule has 2 N–H and O–H groups in total. The third kappa shape index (κ3) is 5.63. The van der Waals surface area contributed by atoms with Crippen LogP contribution in [0.1, 0.15) is 20.7 Å². The van der Waals surface area contributed by atoms with Gasteiger partial charge in [-0.05, 0) is 36.4 Å². The molecule has 3 rings (SSSR count). The Morgan fingerprint density at radius 2 is 1.62 bits per heavy atom. The van der Waals surface area contributed by atoms with Crippen LogP contribution < -0.4 is 10.6 Å². The van der Waals surface area contributed by atoms with E-state index in [2.05, 4.69) is 15.6 Å². The minimum Gasteiger partial charge on any atom is -0.452 e. The molecule has 0 spiro atoms. The summed E-state index contributed by atoms with van der Waals surface area (Å²) in [5, 5.41) is 5.57. The Bertz CT molecular complexity index is 1020. The van der Waals surface area contributed by atoms with E-state index < -0.39 is 18.5 Å². The highest BCUT2D eigenvalue weighted by Crippen LogP contribution is 2.17. The first-order valence-corrected chi connectivity index (χ1v) is 8.94. The third-order valence-corrected chi connectivity index (χ3v) is 4.00. The topological polar surface area (TPSA) is 97.4 Å². The molecule has 3 aromatic rings.